The second-order valence-electron chi connectivity index (χ2n) is 7.20. The molecule has 0 spiro atoms. The van der Waals surface area contributed by atoms with Crippen molar-refractivity contribution < 1.29 is 9.53 Å². The summed E-state index contributed by atoms with van der Waals surface area (Å²) in [6.07, 6.45) is 6.57. The van der Waals surface area contributed by atoms with Gasteiger partial charge in [0, 0.05) is 18.2 Å². The second kappa shape index (κ2) is 7.64. The number of nitrogens with one attached hydrogen (secondary N) is 1. The lowest BCUT2D eigenvalue weighted by Crippen LogP contribution is -2.13. The van der Waals surface area contributed by atoms with Gasteiger partial charge < -0.3 is 10.1 Å². The van der Waals surface area contributed by atoms with Crippen LogP contribution in [0.15, 0.2) is 36.5 Å². The van der Waals surface area contributed by atoms with Crippen LogP contribution in [-0.4, -0.2) is 23.0 Å². The van der Waals surface area contributed by atoms with Crippen LogP contribution in [0.5, 0.6) is 5.75 Å². The summed E-state index contributed by atoms with van der Waals surface area (Å²) in [6, 6.07) is 9.14. The number of hydrogen-bond acceptors (Lipinski definition) is 5. The van der Waals surface area contributed by atoms with Gasteiger partial charge in [-0.25, -0.2) is 4.98 Å². The Bertz CT molecular complexity index is 947. The summed E-state index contributed by atoms with van der Waals surface area (Å²) in [4.78, 5) is 21.4. The summed E-state index contributed by atoms with van der Waals surface area (Å²) in [5.41, 5.74) is 1.95. The Morgan fingerprint density at radius 3 is 2.74 bits per heavy atom. The SMILES string of the molecule is COc1cc2nc(C3CCC(C)CC3)sc2cc1NC(=O)c1ccccn1. The lowest BCUT2D eigenvalue weighted by Gasteiger charge is -2.24. The molecule has 1 aliphatic carbocycles. The number of rotatable bonds is 4. The molecule has 4 rings (SSSR count). The Balaban J connectivity index is 1.62. The number of carbonyl (C=O) groups is 1. The molecule has 0 saturated heterocycles. The van der Waals surface area contributed by atoms with Crippen molar-refractivity contribution in [3.8, 4) is 5.75 Å². The van der Waals surface area contributed by atoms with E-state index in [9.17, 15) is 4.79 Å². The summed E-state index contributed by atoms with van der Waals surface area (Å²) in [6.45, 7) is 2.33. The second-order valence-corrected chi connectivity index (χ2v) is 8.26. The first-order valence-corrected chi connectivity index (χ1v) is 10.2. The van der Waals surface area contributed by atoms with E-state index in [1.165, 1.54) is 30.7 Å². The van der Waals surface area contributed by atoms with Gasteiger partial charge in [-0.05, 0) is 37.0 Å². The van der Waals surface area contributed by atoms with Crippen molar-refractivity contribution in [1.29, 1.82) is 0 Å². The number of thiazole rings is 1. The summed E-state index contributed by atoms with van der Waals surface area (Å²) in [5, 5.41) is 4.12. The summed E-state index contributed by atoms with van der Waals surface area (Å²) in [5.74, 6) is 1.74. The van der Waals surface area contributed by atoms with E-state index in [0.717, 1.165) is 16.1 Å². The standard InChI is InChI=1S/C21H23N3O2S/c1-13-6-8-14(9-7-13)21-24-17-11-18(26-2)16(12-19(17)27-21)23-20(25)15-5-3-4-10-22-15/h3-5,10-14H,6-9H2,1-2H3,(H,23,25). The first-order valence-electron chi connectivity index (χ1n) is 9.35. The molecule has 0 radical (unpaired) electrons. The minimum absolute atomic E-state index is 0.251. The van der Waals surface area contributed by atoms with Gasteiger partial charge in [-0.15, -0.1) is 11.3 Å². The molecule has 2 heterocycles. The zero-order valence-corrected chi connectivity index (χ0v) is 16.4. The lowest BCUT2D eigenvalue weighted by molar-refractivity contribution is 0.102. The van der Waals surface area contributed by atoms with Crippen molar-refractivity contribution in [2.45, 2.75) is 38.5 Å². The molecule has 1 N–H and O–H groups in total. The summed E-state index contributed by atoms with van der Waals surface area (Å²) >= 11 is 1.73. The molecule has 5 nitrogen and oxygen atoms in total. The Morgan fingerprint density at radius 2 is 2.04 bits per heavy atom. The highest BCUT2D eigenvalue weighted by molar-refractivity contribution is 7.18. The van der Waals surface area contributed by atoms with E-state index < -0.39 is 0 Å². The van der Waals surface area contributed by atoms with E-state index >= 15 is 0 Å². The Hall–Kier alpha value is -2.47. The molecule has 1 saturated carbocycles. The van der Waals surface area contributed by atoms with Crippen molar-refractivity contribution in [1.82, 2.24) is 9.97 Å². The van der Waals surface area contributed by atoms with Gasteiger partial charge in [0.05, 0.1) is 28.0 Å². The molecule has 2 aromatic heterocycles. The van der Waals surface area contributed by atoms with Crippen LogP contribution in [-0.2, 0) is 0 Å². The normalized spacial score (nSPS) is 19.8. The average molecular weight is 382 g/mol. The van der Waals surface area contributed by atoms with Gasteiger partial charge in [-0.1, -0.05) is 25.8 Å². The van der Waals surface area contributed by atoms with Crippen LogP contribution >= 0.6 is 11.3 Å². The maximum atomic E-state index is 12.5. The molecule has 140 valence electrons. The number of hydrogen-bond donors (Lipinski definition) is 1. The zero-order chi connectivity index (χ0) is 18.8. The van der Waals surface area contributed by atoms with Crippen LogP contribution in [0.1, 0.15) is 54.0 Å². The van der Waals surface area contributed by atoms with Gasteiger partial charge in [0.25, 0.3) is 5.91 Å². The quantitative estimate of drug-likeness (QED) is 0.671. The minimum Gasteiger partial charge on any atom is -0.494 e. The van der Waals surface area contributed by atoms with Gasteiger partial charge in [0.15, 0.2) is 0 Å². The number of anilines is 1. The molecule has 1 fully saturated rings. The van der Waals surface area contributed by atoms with Crippen molar-refractivity contribution >= 4 is 33.1 Å². The van der Waals surface area contributed by atoms with Gasteiger partial charge in [0.2, 0.25) is 0 Å². The largest absolute Gasteiger partial charge is 0.494 e. The molecule has 1 aliphatic rings. The van der Waals surface area contributed by atoms with Crippen LogP contribution in [0, 0.1) is 5.92 Å². The van der Waals surface area contributed by atoms with Gasteiger partial charge in [-0.2, -0.15) is 0 Å². The zero-order valence-electron chi connectivity index (χ0n) is 15.6. The van der Waals surface area contributed by atoms with E-state index in [1.807, 2.05) is 12.1 Å². The van der Waals surface area contributed by atoms with Gasteiger partial charge in [-0.3, -0.25) is 9.78 Å². The number of methoxy groups -OCH3 is 1. The van der Waals surface area contributed by atoms with Crippen LogP contribution in [0.4, 0.5) is 5.69 Å². The minimum atomic E-state index is -0.251. The van der Waals surface area contributed by atoms with E-state index in [0.29, 0.717) is 23.0 Å². The number of benzene rings is 1. The molecule has 1 aromatic carbocycles. The van der Waals surface area contributed by atoms with E-state index in [-0.39, 0.29) is 5.91 Å². The molecule has 0 aliphatic heterocycles. The Morgan fingerprint density at radius 1 is 1.22 bits per heavy atom. The van der Waals surface area contributed by atoms with Crippen molar-refractivity contribution in [3.63, 3.8) is 0 Å². The number of nitrogens with zero attached hydrogens (tertiary/aromatic N) is 2. The average Bonchev–Trinajstić information content (AvgIpc) is 3.11. The molecule has 27 heavy (non-hydrogen) atoms. The molecule has 0 atom stereocenters. The first-order chi connectivity index (χ1) is 13.1. The number of ether oxygens (including phenoxy) is 1. The van der Waals surface area contributed by atoms with Gasteiger partial charge in [0.1, 0.15) is 11.4 Å². The molecule has 0 unspecified atom stereocenters. The Labute approximate surface area is 162 Å². The molecule has 6 heteroatoms. The van der Waals surface area contributed by atoms with Crippen molar-refractivity contribution in [3.05, 3.63) is 47.2 Å². The maximum Gasteiger partial charge on any atom is 0.274 e. The lowest BCUT2D eigenvalue weighted by atomic mass is 9.83. The molecule has 3 aromatic rings. The molecular formula is C21H23N3O2S. The first kappa shape index (κ1) is 17.9. The van der Waals surface area contributed by atoms with Crippen LogP contribution in [0.3, 0.4) is 0 Å². The predicted molar refractivity (Wildman–Crippen MR) is 109 cm³/mol. The number of carbonyl (C=O) groups excluding carboxylic acids is 1. The van der Waals surface area contributed by atoms with Crippen molar-refractivity contribution in [2.75, 3.05) is 12.4 Å². The third-order valence-corrected chi connectivity index (χ3v) is 6.42. The van der Waals surface area contributed by atoms with E-state index in [1.54, 1.807) is 42.8 Å². The molecular weight excluding hydrogens is 358 g/mol. The third-order valence-electron chi connectivity index (χ3n) is 5.24. The molecule has 1 amide bonds. The molecule has 0 bridgehead atoms. The highest BCUT2D eigenvalue weighted by Gasteiger charge is 2.23. The van der Waals surface area contributed by atoms with Crippen molar-refractivity contribution in [2.24, 2.45) is 5.92 Å². The van der Waals surface area contributed by atoms with Gasteiger partial charge >= 0.3 is 0 Å². The maximum absolute atomic E-state index is 12.5. The topological polar surface area (TPSA) is 64.1 Å². The predicted octanol–water partition coefficient (Wildman–Crippen LogP) is 5.25. The highest BCUT2D eigenvalue weighted by Crippen LogP contribution is 2.40. The van der Waals surface area contributed by atoms with Crippen LogP contribution < -0.4 is 10.1 Å². The number of amides is 1. The van der Waals surface area contributed by atoms with Crippen LogP contribution in [0.25, 0.3) is 10.2 Å². The van der Waals surface area contributed by atoms with Crippen LogP contribution in [0.2, 0.25) is 0 Å². The monoisotopic (exact) mass is 381 g/mol. The third kappa shape index (κ3) is 3.81. The highest BCUT2D eigenvalue weighted by atomic mass is 32.1. The fourth-order valence-corrected chi connectivity index (χ4v) is 4.76. The number of pyridine rings is 1. The summed E-state index contributed by atoms with van der Waals surface area (Å²) < 4.78 is 6.56. The van der Waals surface area contributed by atoms with E-state index in [4.69, 9.17) is 9.72 Å². The number of fused-ring (bicyclic) bond motifs is 1. The summed E-state index contributed by atoms with van der Waals surface area (Å²) in [7, 11) is 1.60. The number of aromatic nitrogens is 2. The fraction of sp³-hybridized carbons (Fsp3) is 0.381. The fourth-order valence-electron chi connectivity index (χ4n) is 3.60. The Kier molecular flexibility index (Phi) is 5.07. The smallest absolute Gasteiger partial charge is 0.274 e. The van der Waals surface area contributed by atoms with E-state index in [2.05, 4.69) is 17.2 Å².